The Bertz CT molecular complexity index is 1040. The van der Waals surface area contributed by atoms with E-state index >= 15 is 0 Å². The predicted octanol–water partition coefficient (Wildman–Crippen LogP) is 3.18. The monoisotopic (exact) mass is 379 g/mol. The zero-order valence-electron chi connectivity index (χ0n) is 14.6. The largest absolute Gasteiger partial charge is 0.494 e. The summed E-state index contributed by atoms with van der Waals surface area (Å²) in [5.74, 6) is 0.564. The summed E-state index contributed by atoms with van der Waals surface area (Å²) in [6.07, 6.45) is 1.58. The molecule has 0 saturated heterocycles. The summed E-state index contributed by atoms with van der Waals surface area (Å²) in [4.78, 5) is 13.1. The van der Waals surface area contributed by atoms with Crippen molar-refractivity contribution < 1.29 is 9.53 Å². The number of rotatable bonds is 6. The van der Waals surface area contributed by atoms with Crippen LogP contribution in [0.5, 0.6) is 5.75 Å². The van der Waals surface area contributed by atoms with Gasteiger partial charge in [-0.05, 0) is 30.7 Å². The quantitative estimate of drug-likeness (QED) is 0.556. The molecule has 0 fully saturated rings. The molecule has 0 radical (unpaired) electrons. The van der Waals surface area contributed by atoms with Gasteiger partial charge in [-0.3, -0.25) is 4.79 Å². The van der Waals surface area contributed by atoms with Gasteiger partial charge in [-0.2, -0.15) is 9.61 Å². The number of nitrogens with one attached hydrogen (secondary N) is 1. The first kappa shape index (κ1) is 17.2. The number of amides is 1. The van der Waals surface area contributed by atoms with Gasteiger partial charge in [-0.1, -0.05) is 41.7 Å². The Morgan fingerprint density at radius 3 is 2.85 bits per heavy atom. The molecule has 0 aliphatic rings. The summed E-state index contributed by atoms with van der Waals surface area (Å²) in [5.41, 5.74) is 2.60. The number of hydrogen-bond donors (Lipinski definition) is 1. The fourth-order valence-electron chi connectivity index (χ4n) is 2.62. The van der Waals surface area contributed by atoms with Crippen LogP contribution in [0.1, 0.15) is 22.8 Å². The van der Waals surface area contributed by atoms with Crippen molar-refractivity contribution in [3.63, 3.8) is 0 Å². The fourth-order valence-corrected chi connectivity index (χ4v) is 3.44. The Morgan fingerprint density at radius 1 is 1.22 bits per heavy atom. The van der Waals surface area contributed by atoms with E-state index in [0.29, 0.717) is 24.5 Å². The fraction of sp³-hybridized carbons (Fsp3) is 0.158. The number of carbonyl (C=O) groups is 1. The molecule has 2 aromatic carbocycles. The molecule has 136 valence electrons. The minimum absolute atomic E-state index is 0.130. The molecule has 4 rings (SSSR count). The molecule has 2 heterocycles. The molecule has 2 aromatic heterocycles. The van der Waals surface area contributed by atoms with Gasteiger partial charge in [-0.15, -0.1) is 10.2 Å². The Labute approximate surface area is 159 Å². The van der Waals surface area contributed by atoms with E-state index in [1.54, 1.807) is 23.0 Å². The highest BCUT2D eigenvalue weighted by atomic mass is 32.1. The molecule has 0 atom stereocenters. The lowest BCUT2D eigenvalue weighted by molar-refractivity contribution is 0.0950. The van der Waals surface area contributed by atoms with Crippen LogP contribution in [0.4, 0.5) is 0 Å². The van der Waals surface area contributed by atoms with E-state index in [-0.39, 0.29) is 5.91 Å². The third-order valence-electron chi connectivity index (χ3n) is 3.95. The van der Waals surface area contributed by atoms with Crippen LogP contribution in [0.3, 0.4) is 0 Å². The van der Waals surface area contributed by atoms with Gasteiger partial charge in [0, 0.05) is 17.7 Å². The minimum atomic E-state index is -0.130. The van der Waals surface area contributed by atoms with Crippen molar-refractivity contribution in [2.75, 3.05) is 6.61 Å². The van der Waals surface area contributed by atoms with Gasteiger partial charge in [0.2, 0.25) is 4.96 Å². The van der Waals surface area contributed by atoms with Gasteiger partial charge >= 0.3 is 0 Å². The van der Waals surface area contributed by atoms with E-state index < -0.39 is 0 Å². The lowest BCUT2D eigenvalue weighted by Gasteiger charge is -2.08. The minimum Gasteiger partial charge on any atom is -0.494 e. The van der Waals surface area contributed by atoms with Crippen molar-refractivity contribution in [3.05, 3.63) is 66.0 Å². The van der Waals surface area contributed by atoms with Gasteiger partial charge in [-0.25, -0.2) is 0 Å². The van der Waals surface area contributed by atoms with Crippen LogP contribution in [-0.2, 0) is 6.54 Å². The summed E-state index contributed by atoms with van der Waals surface area (Å²) >= 11 is 1.48. The lowest BCUT2D eigenvalue weighted by atomic mass is 10.1. The van der Waals surface area contributed by atoms with Crippen LogP contribution >= 0.6 is 11.3 Å². The molecule has 1 N–H and O–H groups in total. The zero-order valence-corrected chi connectivity index (χ0v) is 15.4. The van der Waals surface area contributed by atoms with E-state index in [4.69, 9.17) is 4.74 Å². The van der Waals surface area contributed by atoms with Crippen molar-refractivity contribution in [2.45, 2.75) is 13.5 Å². The average Bonchev–Trinajstić information content (AvgIpc) is 3.29. The van der Waals surface area contributed by atoms with Crippen LogP contribution in [0, 0.1) is 0 Å². The maximum absolute atomic E-state index is 12.3. The molecule has 0 unspecified atom stereocenters. The molecule has 7 nitrogen and oxygen atoms in total. The van der Waals surface area contributed by atoms with Crippen molar-refractivity contribution in [1.82, 2.24) is 25.1 Å². The first-order valence-electron chi connectivity index (χ1n) is 8.50. The van der Waals surface area contributed by atoms with E-state index in [2.05, 4.69) is 20.6 Å². The van der Waals surface area contributed by atoms with Gasteiger partial charge < -0.3 is 10.1 Å². The molecule has 4 aromatic rings. The number of hydrogen-bond acceptors (Lipinski definition) is 6. The summed E-state index contributed by atoms with van der Waals surface area (Å²) in [7, 11) is 0. The zero-order chi connectivity index (χ0) is 18.6. The summed E-state index contributed by atoms with van der Waals surface area (Å²) in [5, 5.41) is 16.0. The SMILES string of the molecule is CCOc1cccc(C(=O)NCc2ccc(-c3nn4cnnc4s3)cc2)c1. The van der Waals surface area contributed by atoms with Gasteiger partial charge in [0.1, 0.15) is 17.1 Å². The molecular formula is C19H17N5O2S. The first-order valence-corrected chi connectivity index (χ1v) is 9.32. The van der Waals surface area contributed by atoms with E-state index in [9.17, 15) is 4.79 Å². The van der Waals surface area contributed by atoms with Crippen LogP contribution < -0.4 is 10.1 Å². The summed E-state index contributed by atoms with van der Waals surface area (Å²) < 4.78 is 7.09. The van der Waals surface area contributed by atoms with Crippen molar-refractivity contribution in [1.29, 1.82) is 0 Å². The Hall–Kier alpha value is -3.26. The van der Waals surface area contributed by atoms with Crippen LogP contribution in [0.2, 0.25) is 0 Å². The molecule has 8 heteroatoms. The molecular weight excluding hydrogens is 362 g/mol. The van der Waals surface area contributed by atoms with Gasteiger partial charge in [0.05, 0.1) is 6.61 Å². The lowest BCUT2D eigenvalue weighted by Crippen LogP contribution is -2.22. The molecule has 27 heavy (non-hydrogen) atoms. The third kappa shape index (κ3) is 3.80. The van der Waals surface area contributed by atoms with Crippen molar-refractivity contribution >= 4 is 22.2 Å². The van der Waals surface area contributed by atoms with E-state index in [1.165, 1.54) is 11.3 Å². The predicted molar refractivity (Wildman–Crippen MR) is 103 cm³/mol. The molecule has 0 spiro atoms. The van der Waals surface area contributed by atoms with Crippen LogP contribution in [0.15, 0.2) is 54.9 Å². The van der Waals surface area contributed by atoms with Crippen molar-refractivity contribution in [3.8, 4) is 16.3 Å². The number of nitrogens with zero attached hydrogens (tertiary/aromatic N) is 4. The summed E-state index contributed by atoms with van der Waals surface area (Å²) in [6, 6.07) is 15.1. The second-order valence-electron chi connectivity index (χ2n) is 5.81. The molecule has 0 aliphatic heterocycles. The average molecular weight is 379 g/mol. The Balaban J connectivity index is 1.40. The standard InChI is InChI=1S/C19H17N5O2S/c1-2-26-16-5-3-4-15(10-16)17(25)20-11-13-6-8-14(9-7-13)18-23-24-12-21-22-19(24)27-18/h3-10,12H,2,11H2,1H3,(H,20,25). The van der Waals surface area contributed by atoms with Gasteiger partial charge in [0.15, 0.2) is 0 Å². The second-order valence-corrected chi connectivity index (χ2v) is 6.76. The van der Waals surface area contributed by atoms with Gasteiger partial charge in [0.25, 0.3) is 5.91 Å². The number of benzene rings is 2. The first-order chi connectivity index (χ1) is 13.2. The third-order valence-corrected chi connectivity index (χ3v) is 4.91. The van der Waals surface area contributed by atoms with E-state index in [0.717, 1.165) is 21.1 Å². The maximum Gasteiger partial charge on any atom is 0.251 e. The van der Waals surface area contributed by atoms with E-state index in [1.807, 2.05) is 43.3 Å². The molecule has 0 saturated carbocycles. The number of fused-ring (bicyclic) bond motifs is 1. The molecule has 0 bridgehead atoms. The number of aromatic nitrogens is 4. The highest BCUT2D eigenvalue weighted by molar-refractivity contribution is 7.19. The molecule has 0 aliphatic carbocycles. The second kappa shape index (κ2) is 7.55. The highest BCUT2D eigenvalue weighted by Gasteiger charge is 2.09. The van der Waals surface area contributed by atoms with Crippen LogP contribution in [0.25, 0.3) is 15.5 Å². The van der Waals surface area contributed by atoms with Crippen LogP contribution in [-0.4, -0.2) is 32.3 Å². The Morgan fingerprint density at radius 2 is 2.07 bits per heavy atom. The number of ether oxygens (including phenoxy) is 1. The highest BCUT2D eigenvalue weighted by Crippen LogP contribution is 2.24. The number of carbonyl (C=O) groups excluding carboxylic acids is 1. The maximum atomic E-state index is 12.3. The smallest absolute Gasteiger partial charge is 0.251 e. The molecule has 1 amide bonds. The summed E-state index contributed by atoms with van der Waals surface area (Å²) in [6.45, 7) is 2.93. The Kier molecular flexibility index (Phi) is 4.80. The topological polar surface area (TPSA) is 81.4 Å². The normalized spacial score (nSPS) is 10.9. The van der Waals surface area contributed by atoms with Crippen molar-refractivity contribution in [2.24, 2.45) is 0 Å².